The molecule has 10 heteroatoms. The molecule has 27 heavy (non-hydrogen) atoms. The maximum absolute atomic E-state index is 13.1. The van der Waals surface area contributed by atoms with Crippen molar-refractivity contribution in [2.24, 2.45) is 0 Å². The number of hydrogen-bond donors (Lipinski definition) is 2. The van der Waals surface area contributed by atoms with E-state index in [9.17, 15) is 22.4 Å². The summed E-state index contributed by atoms with van der Waals surface area (Å²) >= 11 is 5.63. The summed E-state index contributed by atoms with van der Waals surface area (Å²) in [6, 6.07) is 9.71. The van der Waals surface area contributed by atoms with Gasteiger partial charge in [0.15, 0.2) is 0 Å². The fraction of sp³-hybridized carbons (Fsp3) is 0.176. The van der Waals surface area contributed by atoms with E-state index < -0.39 is 27.7 Å². The lowest BCUT2D eigenvalue weighted by Crippen LogP contribution is -2.29. The van der Waals surface area contributed by atoms with Gasteiger partial charge in [-0.05, 0) is 42.8 Å². The Balaban J connectivity index is 1.69. The summed E-state index contributed by atoms with van der Waals surface area (Å²) in [6.45, 7) is 0.367. The molecule has 7 nitrogen and oxygen atoms in total. The highest BCUT2D eigenvalue weighted by atomic mass is 35.5. The van der Waals surface area contributed by atoms with Gasteiger partial charge in [0.2, 0.25) is 10.0 Å². The molecule has 3 rings (SSSR count). The average molecular weight is 412 g/mol. The minimum Gasteiger partial charge on any atom is -0.318 e. The summed E-state index contributed by atoms with van der Waals surface area (Å²) < 4.78 is 38.4. The van der Waals surface area contributed by atoms with Crippen molar-refractivity contribution in [3.8, 4) is 0 Å². The molecule has 0 aliphatic carbocycles. The second-order valence-corrected chi connectivity index (χ2v) is 8.25. The van der Waals surface area contributed by atoms with Crippen LogP contribution in [-0.2, 0) is 19.6 Å². The third kappa shape index (κ3) is 4.37. The number of hydrogen-bond acceptors (Lipinski definition) is 4. The number of nitrogens with zero attached hydrogens (tertiary/aromatic N) is 1. The van der Waals surface area contributed by atoms with Crippen molar-refractivity contribution in [2.45, 2.75) is 6.42 Å². The second kappa shape index (κ2) is 7.53. The zero-order valence-electron chi connectivity index (χ0n) is 13.9. The van der Waals surface area contributed by atoms with Gasteiger partial charge in [0.25, 0.3) is 0 Å². The number of benzene rings is 2. The normalized spacial score (nSPS) is 15.4. The van der Waals surface area contributed by atoms with E-state index in [-0.39, 0.29) is 22.2 Å². The number of halogens is 2. The van der Waals surface area contributed by atoms with Crippen LogP contribution in [0.4, 0.5) is 21.5 Å². The van der Waals surface area contributed by atoms with Gasteiger partial charge in [-0.3, -0.25) is 13.9 Å². The first-order valence-electron chi connectivity index (χ1n) is 7.94. The number of amides is 2. The first kappa shape index (κ1) is 19.1. The molecular formula is C17H15ClFN3O4S. The Bertz CT molecular complexity index is 1010. The number of nitrogens with one attached hydrogen (secondary N) is 2. The van der Waals surface area contributed by atoms with E-state index in [2.05, 4.69) is 10.6 Å². The number of anilines is 3. The summed E-state index contributed by atoms with van der Waals surface area (Å²) in [5.41, 5.74) is 0.848. The van der Waals surface area contributed by atoms with Crippen molar-refractivity contribution in [1.82, 2.24) is 0 Å². The molecule has 2 aromatic carbocycles. The average Bonchev–Trinajstić information content (AvgIpc) is 2.97. The quantitative estimate of drug-likeness (QED) is 0.759. The Morgan fingerprint density at radius 2 is 1.70 bits per heavy atom. The van der Waals surface area contributed by atoms with Gasteiger partial charge in [-0.2, -0.15) is 0 Å². The molecule has 1 aliphatic rings. The van der Waals surface area contributed by atoms with Crippen molar-refractivity contribution in [2.75, 3.05) is 27.2 Å². The molecule has 0 spiro atoms. The van der Waals surface area contributed by atoms with E-state index in [0.717, 1.165) is 6.07 Å². The van der Waals surface area contributed by atoms with Crippen molar-refractivity contribution in [3.05, 3.63) is 53.3 Å². The fourth-order valence-corrected chi connectivity index (χ4v) is 4.35. The Labute approximate surface area is 160 Å². The summed E-state index contributed by atoms with van der Waals surface area (Å²) in [5.74, 6) is -2.51. The summed E-state index contributed by atoms with van der Waals surface area (Å²) in [7, 11) is -3.35. The largest absolute Gasteiger partial charge is 0.318 e. The number of sulfonamides is 1. The standard InChI is InChI=1S/C17H15ClFN3O4S/c18-14-10-12(5-6-15(14)19)21-17(24)16(23)20-11-3-1-4-13(9-11)22-7-2-8-27(22,25)26/h1,3-6,9-10H,2,7-8H2,(H,20,23)(H,21,24). The SMILES string of the molecule is O=C(Nc1cccc(N2CCCS2(=O)=O)c1)C(=O)Nc1ccc(F)c(Cl)c1. The highest BCUT2D eigenvalue weighted by molar-refractivity contribution is 7.93. The number of rotatable bonds is 3. The molecule has 0 radical (unpaired) electrons. The topological polar surface area (TPSA) is 95.6 Å². The lowest BCUT2D eigenvalue weighted by molar-refractivity contribution is -0.132. The Morgan fingerprint density at radius 1 is 1.04 bits per heavy atom. The minimum absolute atomic E-state index is 0.0756. The maximum Gasteiger partial charge on any atom is 0.314 e. The van der Waals surface area contributed by atoms with E-state index in [0.29, 0.717) is 18.7 Å². The molecule has 1 aliphatic heterocycles. The van der Waals surface area contributed by atoms with Crippen LogP contribution in [-0.4, -0.2) is 32.5 Å². The predicted octanol–water partition coefficient (Wildman–Crippen LogP) is 2.60. The van der Waals surface area contributed by atoms with Gasteiger partial charge in [0, 0.05) is 17.9 Å². The first-order valence-corrected chi connectivity index (χ1v) is 9.93. The van der Waals surface area contributed by atoms with Gasteiger partial charge in [-0.15, -0.1) is 0 Å². The molecule has 1 saturated heterocycles. The monoisotopic (exact) mass is 411 g/mol. The molecule has 0 aromatic heterocycles. The van der Waals surface area contributed by atoms with Crippen molar-refractivity contribution < 1.29 is 22.4 Å². The van der Waals surface area contributed by atoms with Crippen LogP contribution >= 0.6 is 11.6 Å². The zero-order valence-corrected chi connectivity index (χ0v) is 15.5. The molecular weight excluding hydrogens is 397 g/mol. The Morgan fingerprint density at radius 3 is 2.30 bits per heavy atom. The molecule has 0 atom stereocenters. The van der Waals surface area contributed by atoms with Gasteiger partial charge in [-0.1, -0.05) is 17.7 Å². The summed E-state index contributed by atoms with van der Waals surface area (Å²) in [4.78, 5) is 24.1. The minimum atomic E-state index is -3.35. The third-order valence-electron chi connectivity index (χ3n) is 3.87. The third-order valence-corrected chi connectivity index (χ3v) is 6.03. The molecule has 2 aromatic rings. The van der Waals surface area contributed by atoms with Crippen molar-refractivity contribution in [3.63, 3.8) is 0 Å². The van der Waals surface area contributed by atoms with Gasteiger partial charge in [0.05, 0.1) is 16.5 Å². The lowest BCUT2D eigenvalue weighted by atomic mass is 10.2. The predicted molar refractivity (Wildman–Crippen MR) is 101 cm³/mol. The second-order valence-electron chi connectivity index (χ2n) is 5.83. The van der Waals surface area contributed by atoms with Crippen LogP contribution in [0.15, 0.2) is 42.5 Å². The highest BCUT2D eigenvalue weighted by Crippen LogP contribution is 2.26. The summed E-state index contributed by atoms with van der Waals surface area (Å²) in [5, 5.41) is 4.52. The van der Waals surface area contributed by atoms with Gasteiger partial charge in [-0.25, -0.2) is 12.8 Å². The molecule has 0 saturated carbocycles. The molecule has 2 amide bonds. The lowest BCUT2D eigenvalue weighted by Gasteiger charge is -2.17. The van der Waals surface area contributed by atoms with E-state index in [4.69, 9.17) is 11.6 Å². The Kier molecular flexibility index (Phi) is 5.33. The first-order chi connectivity index (χ1) is 12.8. The smallest absolute Gasteiger partial charge is 0.314 e. The number of carbonyl (C=O) groups is 2. The van der Waals surface area contributed by atoms with Crippen LogP contribution in [0.3, 0.4) is 0 Å². The fourth-order valence-electron chi connectivity index (χ4n) is 2.62. The van der Waals surface area contributed by atoms with E-state index in [1.54, 1.807) is 12.1 Å². The van der Waals surface area contributed by atoms with Crippen LogP contribution in [0.5, 0.6) is 0 Å². The van der Waals surface area contributed by atoms with Crippen molar-refractivity contribution >= 4 is 50.5 Å². The van der Waals surface area contributed by atoms with Gasteiger partial charge in [0.1, 0.15) is 5.82 Å². The zero-order chi connectivity index (χ0) is 19.6. The van der Waals surface area contributed by atoms with Gasteiger partial charge < -0.3 is 10.6 Å². The number of carbonyl (C=O) groups excluding carboxylic acids is 2. The Hall–Kier alpha value is -2.65. The molecule has 0 bridgehead atoms. The van der Waals surface area contributed by atoms with Crippen LogP contribution < -0.4 is 14.9 Å². The van der Waals surface area contributed by atoms with Crippen LogP contribution in [0.1, 0.15) is 6.42 Å². The van der Waals surface area contributed by atoms with E-state index in [1.807, 2.05) is 0 Å². The van der Waals surface area contributed by atoms with E-state index in [1.165, 1.54) is 28.6 Å². The summed E-state index contributed by atoms with van der Waals surface area (Å²) in [6.07, 6.45) is 0.529. The molecule has 0 unspecified atom stereocenters. The molecule has 2 N–H and O–H groups in total. The highest BCUT2D eigenvalue weighted by Gasteiger charge is 2.28. The van der Waals surface area contributed by atoms with Crippen LogP contribution in [0, 0.1) is 5.82 Å². The van der Waals surface area contributed by atoms with E-state index >= 15 is 0 Å². The maximum atomic E-state index is 13.1. The molecule has 1 heterocycles. The molecule has 142 valence electrons. The van der Waals surface area contributed by atoms with Gasteiger partial charge >= 0.3 is 11.8 Å². The van der Waals surface area contributed by atoms with Crippen LogP contribution in [0.2, 0.25) is 5.02 Å². The van der Waals surface area contributed by atoms with Crippen molar-refractivity contribution in [1.29, 1.82) is 0 Å². The van der Waals surface area contributed by atoms with Crippen LogP contribution in [0.25, 0.3) is 0 Å². The molecule has 1 fully saturated rings.